The molecule has 0 aliphatic heterocycles. The van der Waals surface area contributed by atoms with Crippen molar-refractivity contribution in [3.05, 3.63) is 0 Å². The van der Waals surface area contributed by atoms with Gasteiger partial charge >= 0.3 is 0 Å². The van der Waals surface area contributed by atoms with Crippen molar-refractivity contribution in [2.75, 3.05) is 13.1 Å². The molecule has 15 heavy (non-hydrogen) atoms. The number of likely N-dealkylation sites (N-methyl/N-ethyl adjacent to an activating group) is 1. The fourth-order valence-corrected chi connectivity index (χ4v) is 1.55. The summed E-state index contributed by atoms with van der Waals surface area (Å²) in [5.41, 5.74) is 4.71. The van der Waals surface area contributed by atoms with Crippen molar-refractivity contribution in [1.82, 2.24) is 4.90 Å². The van der Waals surface area contributed by atoms with Crippen molar-refractivity contribution in [2.24, 2.45) is 10.9 Å². The highest BCUT2D eigenvalue weighted by Gasteiger charge is 2.21. The van der Waals surface area contributed by atoms with Gasteiger partial charge in [0.2, 0.25) is 0 Å². The third-order valence-corrected chi connectivity index (χ3v) is 2.25. The Labute approximate surface area is 91.6 Å². The van der Waals surface area contributed by atoms with Gasteiger partial charge in [-0.05, 0) is 27.3 Å². The first kappa shape index (κ1) is 14.2. The van der Waals surface area contributed by atoms with Gasteiger partial charge in [-0.3, -0.25) is 4.90 Å². The zero-order chi connectivity index (χ0) is 12.1. The van der Waals surface area contributed by atoms with Crippen LogP contribution in [0.1, 0.15) is 34.1 Å². The molecule has 0 spiro atoms. The van der Waals surface area contributed by atoms with E-state index in [2.05, 4.69) is 10.1 Å². The lowest BCUT2D eigenvalue weighted by molar-refractivity contribution is 0.0261. The molecule has 0 heterocycles. The smallest absolute Gasteiger partial charge is 0.140 e. The maximum absolute atomic E-state index is 9.71. The van der Waals surface area contributed by atoms with Gasteiger partial charge in [-0.1, -0.05) is 12.1 Å². The van der Waals surface area contributed by atoms with Crippen LogP contribution in [0.25, 0.3) is 0 Å². The van der Waals surface area contributed by atoms with Crippen LogP contribution in [0.4, 0.5) is 0 Å². The fraction of sp³-hybridized carbons (Fsp3) is 0.900. The minimum Gasteiger partial charge on any atom is -0.409 e. The zero-order valence-electron chi connectivity index (χ0n) is 10.1. The summed E-state index contributed by atoms with van der Waals surface area (Å²) in [7, 11) is 0. The van der Waals surface area contributed by atoms with E-state index >= 15 is 0 Å². The molecule has 5 heteroatoms. The third kappa shape index (κ3) is 6.30. The Kier molecular flexibility index (Phi) is 5.60. The van der Waals surface area contributed by atoms with Gasteiger partial charge in [-0.15, -0.1) is 0 Å². The summed E-state index contributed by atoms with van der Waals surface area (Å²) < 4.78 is 0. The molecule has 90 valence electrons. The number of hydrogen-bond acceptors (Lipinski definition) is 4. The molecular weight excluding hydrogens is 194 g/mol. The van der Waals surface area contributed by atoms with Crippen molar-refractivity contribution >= 4 is 5.84 Å². The van der Waals surface area contributed by atoms with Crippen molar-refractivity contribution < 1.29 is 10.3 Å². The highest BCUT2D eigenvalue weighted by Crippen LogP contribution is 2.10. The molecule has 4 N–H and O–H groups in total. The van der Waals surface area contributed by atoms with Crippen LogP contribution in [-0.4, -0.2) is 45.8 Å². The van der Waals surface area contributed by atoms with Crippen molar-refractivity contribution in [1.29, 1.82) is 0 Å². The Morgan fingerprint density at radius 3 is 2.40 bits per heavy atom. The number of nitrogens with zero attached hydrogens (tertiary/aromatic N) is 2. The number of oxime groups is 1. The van der Waals surface area contributed by atoms with Gasteiger partial charge in [-0.2, -0.15) is 0 Å². The first-order valence-electron chi connectivity index (χ1n) is 5.23. The summed E-state index contributed by atoms with van der Waals surface area (Å²) in [6.45, 7) is 8.95. The van der Waals surface area contributed by atoms with E-state index in [1.165, 1.54) is 0 Å². The molecule has 5 nitrogen and oxygen atoms in total. The van der Waals surface area contributed by atoms with Gasteiger partial charge in [0.1, 0.15) is 5.84 Å². The van der Waals surface area contributed by atoms with Gasteiger partial charge in [0.25, 0.3) is 0 Å². The largest absolute Gasteiger partial charge is 0.409 e. The lowest BCUT2D eigenvalue weighted by atomic mass is 10.1. The first-order chi connectivity index (χ1) is 6.80. The van der Waals surface area contributed by atoms with E-state index in [-0.39, 0.29) is 11.9 Å². The van der Waals surface area contributed by atoms with E-state index < -0.39 is 5.60 Å². The van der Waals surface area contributed by atoms with Gasteiger partial charge < -0.3 is 16.0 Å². The molecular formula is C10H23N3O2. The van der Waals surface area contributed by atoms with Crippen LogP contribution in [-0.2, 0) is 0 Å². The summed E-state index contributed by atoms with van der Waals surface area (Å²) in [6.07, 6.45) is 0.500. The summed E-state index contributed by atoms with van der Waals surface area (Å²) >= 11 is 0. The Morgan fingerprint density at radius 2 is 2.07 bits per heavy atom. The Bertz CT molecular complexity index is 211. The molecule has 0 amide bonds. The molecule has 0 saturated carbocycles. The van der Waals surface area contributed by atoms with E-state index in [4.69, 9.17) is 10.9 Å². The van der Waals surface area contributed by atoms with Crippen LogP contribution in [0.5, 0.6) is 0 Å². The highest BCUT2D eigenvalue weighted by molar-refractivity contribution is 5.80. The molecule has 0 fully saturated rings. The fourth-order valence-electron chi connectivity index (χ4n) is 1.55. The summed E-state index contributed by atoms with van der Waals surface area (Å²) in [5.74, 6) is 0.219. The third-order valence-electron chi connectivity index (χ3n) is 2.25. The zero-order valence-corrected chi connectivity index (χ0v) is 10.1. The number of amidine groups is 1. The van der Waals surface area contributed by atoms with Gasteiger partial charge in [0.15, 0.2) is 0 Å². The maximum Gasteiger partial charge on any atom is 0.140 e. The van der Waals surface area contributed by atoms with Gasteiger partial charge in [0, 0.05) is 19.0 Å². The number of hydrogen-bond donors (Lipinski definition) is 3. The summed E-state index contributed by atoms with van der Waals surface area (Å²) in [4.78, 5) is 2.10. The number of rotatable bonds is 6. The summed E-state index contributed by atoms with van der Waals surface area (Å²) in [6, 6.07) is 0.150. The van der Waals surface area contributed by atoms with Crippen LogP contribution >= 0.6 is 0 Å². The predicted octanol–water partition coefficient (Wildman–Crippen LogP) is 0.604. The average molecular weight is 217 g/mol. The lowest BCUT2D eigenvalue weighted by Gasteiger charge is -2.32. The van der Waals surface area contributed by atoms with Gasteiger partial charge in [0.05, 0.1) is 5.60 Å². The molecule has 0 aliphatic carbocycles. The van der Waals surface area contributed by atoms with Crippen LogP contribution in [0.15, 0.2) is 5.16 Å². The van der Waals surface area contributed by atoms with E-state index in [9.17, 15) is 5.11 Å². The number of aliphatic hydroxyl groups is 1. The lowest BCUT2D eigenvalue weighted by Crippen LogP contribution is -2.44. The van der Waals surface area contributed by atoms with Crippen LogP contribution in [0.2, 0.25) is 0 Å². The minimum atomic E-state index is -0.727. The molecule has 0 aromatic heterocycles. The molecule has 0 bridgehead atoms. The van der Waals surface area contributed by atoms with Crippen LogP contribution in [0, 0.1) is 0 Å². The standard InChI is InChI=1S/C10H23N3O2/c1-5-13(7-10(3,4)14)8(2)6-9(11)12-15/h8,14-15H,5-7H2,1-4H3,(H2,11,12). The second-order valence-corrected chi connectivity index (χ2v) is 4.52. The van der Waals surface area contributed by atoms with Gasteiger partial charge in [-0.25, -0.2) is 0 Å². The quantitative estimate of drug-likeness (QED) is 0.263. The van der Waals surface area contributed by atoms with E-state index in [0.29, 0.717) is 13.0 Å². The second kappa shape index (κ2) is 5.92. The molecule has 0 aromatic rings. The Balaban J connectivity index is 4.28. The summed E-state index contributed by atoms with van der Waals surface area (Å²) in [5, 5.41) is 21.1. The van der Waals surface area contributed by atoms with E-state index in [1.807, 2.05) is 13.8 Å². The van der Waals surface area contributed by atoms with Crippen molar-refractivity contribution in [3.63, 3.8) is 0 Å². The maximum atomic E-state index is 9.71. The second-order valence-electron chi connectivity index (χ2n) is 4.52. The molecule has 0 radical (unpaired) electrons. The van der Waals surface area contributed by atoms with Crippen molar-refractivity contribution in [3.8, 4) is 0 Å². The van der Waals surface area contributed by atoms with Crippen LogP contribution in [0.3, 0.4) is 0 Å². The molecule has 0 rings (SSSR count). The van der Waals surface area contributed by atoms with E-state index in [1.54, 1.807) is 13.8 Å². The topological polar surface area (TPSA) is 82.1 Å². The highest BCUT2D eigenvalue weighted by atomic mass is 16.4. The monoisotopic (exact) mass is 217 g/mol. The normalized spacial score (nSPS) is 15.7. The SMILES string of the molecule is CCN(CC(C)(C)O)C(C)CC(N)=NO. The van der Waals surface area contributed by atoms with Crippen molar-refractivity contribution in [2.45, 2.75) is 45.8 Å². The molecule has 0 saturated heterocycles. The Hall–Kier alpha value is -0.810. The molecule has 0 aromatic carbocycles. The molecule has 1 unspecified atom stereocenters. The first-order valence-corrected chi connectivity index (χ1v) is 5.23. The van der Waals surface area contributed by atoms with E-state index in [0.717, 1.165) is 6.54 Å². The average Bonchev–Trinajstić information content (AvgIpc) is 2.12. The molecule has 0 aliphatic rings. The Morgan fingerprint density at radius 1 is 1.53 bits per heavy atom. The minimum absolute atomic E-state index is 0.150. The number of nitrogens with two attached hydrogens (primary N) is 1. The molecule has 1 atom stereocenters. The predicted molar refractivity (Wildman–Crippen MR) is 61.0 cm³/mol. The van der Waals surface area contributed by atoms with Crippen LogP contribution < -0.4 is 5.73 Å².